The highest BCUT2D eigenvalue weighted by Crippen LogP contribution is 2.33. The number of nitrogens with one attached hydrogen (secondary N) is 1. The minimum absolute atomic E-state index is 0.174. The highest BCUT2D eigenvalue weighted by atomic mass is 32.1. The van der Waals surface area contributed by atoms with E-state index >= 15 is 0 Å². The molecule has 0 fully saturated rings. The van der Waals surface area contributed by atoms with E-state index in [0.717, 1.165) is 17.2 Å². The van der Waals surface area contributed by atoms with Crippen LogP contribution in [-0.4, -0.2) is 25.2 Å². The average molecular weight is 310 g/mol. The quantitative estimate of drug-likeness (QED) is 0.825. The molecule has 0 aliphatic rings. The molecule has 1 N–H and O–H groups in total. The van der Waals surface area contributed by atoms with Crippen molar-refractivity contribution in [3.63, 3.8) is 0 Å². The van der Waals surface area contributed by atoms with Gasteiger partial charge >= 0.3 is 0 Å². The van der Waals surface area contributed by atoms with Crippen LogP contribution in [0.3, 0.4) is 0 Å². The maximum absolute atomic E-state index is 5.15. The van der Waals surface area contributed by atoms with E-state index in [-0.39, 0.29) is 6.04 Å². The molecule has 3 nitrogen and oxygen atoms in total. The van der Waals surface area contributed by atoms with Crippen molar-refractivity contribution in [2.45, 2.75) is 33.7 Å². The van der Waals surface area contributed by atoms with Gasteiger partial charge in [0, 0.05) is 28.3 Å². The van der Waals surface area contributed by atoms with Crippen LogP contribution in [0, 0.1) is 27.7 Å². The first-order chi connectivity index (χ1) is 9.52. The zero-order valence-corrected chi connectivity index (χ0v) is 14.4. The number of aromatic nitrogens is 1. The van der Waals surface area contributed by atoms with Crippen LogP contribution in [-0.2, 0) is 4.74 Å². The summed E-state index contributed by atoms with van der Waals surface area (Å²) in [5.74, 6) is 0. The minimum Gasteiger partial charge on any atom is -0.383 e. The Balaban J connectivity index is 2.31. The summed E-state index contributed by atoms with van der Waals surface area (Å²) in [5.41, 5.74) is 2.48. The van der Waals surface area contributed by atoms with Crippen LogP contribution in [0.5, 0.6) is 0 Å². The molecule has 110 valence electrons. The first kappa shape index (κ1) is 15.6. The van der Waals surface area contributed by atoms with Crippen molar-refractivity contribution in [3.05, 3.63) is 37.0 Å². The first-order valence-electron chi connectivity index (χ1n) is 6.76. The maximum atomic E-state index is 5.15. The summed E-state index contributed by atoms with van der Waals surface area (Å²) in [4.78, 5) is 8.74. The normalized spacial score (nSPS) is 12.8. The molecule has 2 rings (SSSR count). The van der Waals surface area contributed by atoms with Crippen LogP contribution >= 0.6 is 22.7 Å². The third kappa shape index (κ3) is 3.47. The number of thiazole rings is 1. The summed E-state index contributed by atoms with van der Waals surface area (Å²) >= 11 is 3.63. The van der Waals surface area contributed by atoms with Gasteiger partial charge in [-0.1, -0.05) is 0 Å². The summed E-state index contributed by atoms with van der Waals surface area (Å²) in [6.07, 6.45) is 0. The van der Waals surface area contributed by atoms with E-state index in [2.05, 4.69) is 39.1 Å². The molecule has 0 aliphatic carbocycles. The van der Waals surface area contributed by atoms with E-state index in [1.165, 1.54) is 20.2 Å². The SMILES string of the molecule is COCCNC(c1nc(C)c(C)s1)c1cc(C)sc1C. The van der Waals surface area contributed by atoms with Crippen molar-refractivity contribution in [2.75, 3.05) is 20.3 Å². The van der Waals surface area contributed by atoms with Crippen LogP contribution in [0.25, 0.3) is 0 Å². The molecule has 0 saturated carbocycles. The fourth-order valence-electron chi connectivity index (χ4n) is 2.19. The standard InChI is InChI=1S/C15H22N2OS2/c1-9-8-13(12(4)19-9)14(16-6-7-18-5)15-17-10(2)11(3)20-15/h8,14,16H,6-7H2,1-5H3. The van der Waals surface area contributed by atoms with E-state index < -0.39 is 0 Å². The molecule has 5 heteroatoms. The Morgan fingerprint density at radius 3 is 2.45 bits per heavy atom. The predicted octanol–water partition coefficient (Wildman–Crippen LogP) is 3.76. The Labute approximate surface area is 129 Å². The second kappa shape index (κ2) is 6.80. The van der Waals surface area contributed by atoms with E-state index in [9.17, 15) is 0 Å². The van der Waals surface area contributed by atoms with Gasteiger partial charge < -0.3 is 10.1 Å². The van der Waals surface area contributed by atoms with Crippen molar-refractivity contribution in [2.24, 2.45) is 0 Å². The lowest BCUT2D eigenvalue weighted by atomic mass is 10.1. The van der Waals surface area contributed by atoms with Crippen molar-refractivity contribution in [1.82, 2.24) is 10.3 Å². The fourth-order valence-corrected chi connectivity index (χ4v) is 4.17. The molecule has 0 saturated heterocycles. The average Bonchev–Trinajstić information content (AvgIpc) is 2.89. The zero-order chi connectivity index (χ0) is 14.7. The number of rotatable bonds is 6. The molecular weight excluding hydrogens is 288 g/mol. The maximum Gasteiger partial charge on any atom is 0.115 e. The monoisotopic (exact) mass is 310 g/mol. The van der Waals surface area contributed by atoms with E-state index in [1.54, 1.807) is 18.4 Å². The highest BCUT2D eigenvalue weighted by Gasteiger charge is 2.21. The minimum atomic E-state index is 0.174. The van der Waals surface area contributed by atoms with E-state index in [4.69, 9.17) is 9.72 Å². The number of aryl methyl sites for hydroxylation is 4. The largest absolute Gasteiger partial charge is 0.383 e. The smallest absolute Gasteiger partial charge is 0.115 e. The first-order valence-corrected chi connectivity index (χ1v) is 8.39. The van der Waals surface area contributed by atoms with Gasteiger partial charge in [0.15, 0.2) is 0 Å². The van der Waals surface area contributed by atoms with Gasteiger partial charge in [-0.3, -0.25) is 0 Å². The van der Waals surface area contributed by atoms with E-state index in [0.29, 0.717) is 6.61 Å². The zero-order valence-electron chi connectivity index (χ0n) is 12.7. The summed E-state index contributed by atoms with van der Waals surface area (Å²) in [6, 6.07) is 2.45. The lowest BCUT2D eigenvalue weighted by Crippen LogP contribution is -2.26. The van der Waals surface area contributed by atoms with Gasteiger partial charge in [-0.15, -0.1) is 22.7 Å². The topological polar surface area (TPSA) is 34.1 Å². The molecule has 2 heterocycles. The Kier molecular flexibility index (Phi) is 5.32. The summed E-state index contributed by atoms with van der Waals surface area (Å²) in [7, 11) is 1.73. The number of thiophene rings is 1. The predicted molar refractivity (Wildman–Crippen MR) is 87.1 cm³/mol. The van der Waals surface area contributed by atoms with Crippen LogP contribution in [0.15, 0.2) is 6.07 Å². The molecule has 0 amide bonds. The molecule has 2 aromatic rings. The molecule has 20 heavy (non-hydrogen) atoms. The number of hydrogen-bond donors (Lipinski definition) is 1. The van der Waals surface area contributed by atoms with Crippen LogP contribution in [0.1, 0.15) is 36.9 Å². The Bertz CT molecular complexity index is 555. The molecule has 2 aromatic heterocycles. The fraction of sp³-hybridized carbons (Fsp3) is 0.533. The van der Waals surface area contributed by atoms with Crippen molar-refractivity contribution >= 4 is 22.7 Å². The molecule has 1 unspecified atom stereocenters. The molecule has 0 bridgehead atoms. The van der Waals surface area contributed by atoms with Gasteiger partial charge in [0.2, 0.25) is 0 Å². The Morgan fingerprint density at radius 1 is 1.20 bits per heavy atom. The molecule has 1 atom stereocenters. The van der Waals surface area contributed by atoms with Gasteiger partial charge in [-0.25, -0.2) is 4.98 Å². The third-order valence-corrected chi connectivity index (χ3v) is 5.46. The number of hydrogen-bond acceptors (Lipinski definition) is 5. The van der Waals surface area contributed by atoms with E-state index in [1.807, 2.05) is 11.3 Å². The number of methoxy groups -OCH3 is 1. The lowest BCUT2D eigenvalue weighted by molar-refractivity contribution is 0.197. The van der Waals surface area contributed by atoms with Gasteiger partial charge in [-0.2, -0.15) is 0 Å². The molecule has 0 spiro atoms. The summed E-state index contributed by atoms with van der Waals surface area (Å²) < 4.78 is 5.15. The van der Waals surface area contributed by atoms with Crippen LogP contribution in [0.4, 0.5) is 0 Å². The van der Waals surface area contributed by atoms with Crippen molar-refractivity contribution < 1.29 is 4.74 Å². The second-order valence-electron chi connectivity index (χ2n) is 4.94. The highest BCUT2D eigenvalue weighted by molar-refractivity contribution is 7.12. The molecule has 0 aliphatic heterocycles. The van der Waals surface area contributed by atoms with Gasteiger partial charge in [0.25, 0.3) is 0 Å². The van der Waals surface area contributed by atoms with Gasteiger partial charge in [0.05, 0.1) is 18.3 Å². The number of ether oxygens (including phenoxy) is 1. The van der Waals surface area contributed by atoms with Crippen molar-refractivity contribution in [3.8, 4) is 0 Å². The van der Waals surface area contributed by atoms with Gasteiger partial charge in [0.1, 0.15) is 5.01 Å². The molecule has 0 aromatic carbocycles. The lowest BCUT2D eigenvalue weighted by Gasteiger charge is -2.16. The molecule has 0 radical (unpaired) electrons. The van der Waals surface area contributed by atoms with Crippen LogP contribution in [0.2, 0.25) is 0 Å². The Hall–Kier alpha value is -0.750. The third-order valence-electron chi connectivity index (χ3n) is 3.34. The molecular formula is C15H22N2OS2. The van der Waals surface area contributed by atoms with Crippen molar-refractivity contribution in [1.29, 1.82) is 0 Å². The van der Waals surface area contributed by atoms with Gasteiger partial charge in [-0.05, 0) is 39.3 Å². The summed E-state index contributed by atoms with van der Waals surface area (Å²) in [5, 5.41) is 4.73. The Morgan fingerprint density at radius 2 is 1.95 bits per heavy atom. The number of nitrogens with zero attached hydrogens (tertiary/aromatic N) is 1. The second-order valence-corrected chi connectivity index (χ2v) is 7.64. The summed E-state index contributed by atoms with van der Waals surface area (Å²) in [6.45, 7) is 10.1. The van der Waals surface area contributed by atoms with Crippen LogP contribution < -0.4 is 5.32 Å².